The number of rotatable bonds is 6. The molecule has 1 aromatic carbocycles. The van der Waals surface area contributed by atoms with Crippen molar-refractivity contribution >= 4 is 11.8 Å². The smallest absolute Gasteiger partial charge is 0.138 e. The van der Waals surface area contributed by atoms with Gasteiger partial charge in [0.1, 0.15) is 12.2 Å². The third-order valence-electron chi connectivity index (χ3n) is 2.99. The van der Waals surface area contributed by atoms with E-state index in [2.05, 4.69) is 48.2 Å². The lowest BCUT2D eigenvalue weighted by atomic mass is 10.1. The fraction of sp³-hybridized carbons (Fsp3) is 0.467. The Morgan fingerprint density at radius 3 is 2.80 bits per heavy atom. The van der Waals surface area contributed by atoms with Crippen molar-refractivity contribution in [2.75, 3.05) is 0 Å². The summed E-state index contributed by atoms with van der Waals surface area (Å²) in [5.74, 6) is 2.42. The zero-order chi connectivity index (χ0) is 14.5. The van der Waals surface area contributed by atoms with Crippen molar-refractivity contribution in [2.24, 2.45) is 11.7 Å². The molecule has 0 saturated carbocycles. The van der Waals surface area contributed by atoms with E-state index in [9.17, 15) is 0 Å². The van der Waals surface area contributed by atoms with Crippen LogP contribution in [0.5, 0.6) is 0 Å². The van der Waals surface area contributed by atoms with E-state index >= 15 is 0 Å². The standard InChI is InChI=1S/C15H22N4S/c1-11(2)8-19-15(17-10-18-19)9-20-14-6-4-5-13(7-14)12(3)16/h4-7,10-12H,8-9,16H2,1-3H3. The average molecular weight is 290 g/mol. The van der Waals surface area contributed by atoms with E-state index < -0.39 is 0 Å². The number of thioether (sulfide) groups is 1. The molecule has 0 spiro atoms. The van der Waals surface area contributed by atoms with E-state index in [1.807, 2.05) is 11.6 Å². The van der Waals surface area contributed by atoms with Crippen molar-refractivity contribution in [3.63, 3.8) is 0 Å². The predicted molar refractivity (Wildman–Crippen MR) is 83.5 cm³/mol. The highest BCUT2D eigenvalue weighted by Crippen LogP contribution is 2.24. The Hall–Kier alpha value is -1.33. The fourth-order valence-electron chi connectivity index (χ4n) is 1.93. The first-order chi connectivity index (χ1) is 9.56. The molecule has 0 fully saturated rings. The summed E-state index contributed by atoms with van der Waals surface area (Å²) in [5.41, 5.74) is 7.08. The molecule has 108 valence electrons. The lowest BCUT2D eigenvalue weighted by molar-refractivity contribution is 0.472. The zero-order valence-corrected chi connectivity index (χ0v) is 13.1. The second-order valence-electron chi connectivity index (χ2n) is 5.40. The topological polar surface area (TPSA) is 56.7 Å². The summed E-state index contributed by atoms with van der Waals surface area (Å²) in [4.78, 5) is 5.57. The summed E-state index contributed by atoms with van der Waals surface area (Å²) >= 11 is 1.77. The zero-order valence-electron chi connectivity index (χ0n) is 12.3. The highest BCUT2D eigenvalue weighted by atomic mass is 32.2. The number of nitrogens with zero attached hydrogens (tertiary/aromatic N) is 3. The maximum absolute atomic E-state index is 5.92. The summed E-state index contributed by atoms with van der Waals surface area (Å²) in [6, 6.07) is 8.45. The minimum atomic E-state index is 0.0696. The van der Waals surface area contributed by atoms with E-state index in [4.69, 9.17) is 5.73 Å². The molecule has 1 aromatic heterocycles. The number of hydrogen-bond acceptors (Lipinski definition) is 4. The van der Waals surface area contributed by atoms with Gasteiger partial charge in [-0.25, -0.2) is 9.67 Å². The largest absolute Gasteiger partial charge is 0.324 e. The van der Waals surface area contributed by atoms with Gasteiger partial charge in [-0.2, -0.15) is 5.10 Å². The van der Waals surface area contributed by atoms with Crippen molar-refractivity contribution in [3.8, 4) is 0 Å². The molecule has 1 unspecified atom stereocenters. The predicted octanol–water partition coefficient (Wildman–Crippen LogP) is 3.25. The molecule has 5 heteroatoms. The van der Waals surface area contributed by atoms with Crippen LogP contribution in [0.3, 0.4) is 0 Å². The quantitative estimate of drug-likeness (QED) is 0.830. The van der Waals surface area contributed by atoms with Gasteiger partial charge in [-0.3, -0.25) is 0 Å². The molecule has 1 atom stereocenters. The van der Waals surface area contributed by atoms with Crippen LogP contribution < -0.4 is 5.73 Å². The molecule has 0 aliphatic heterocycles. The molecule has 0 saturated heterocycles. The van der Waals surface area contributed by atoms with Gasteiger partial charge in [0, 0.05) is 17.5 Å². The Morgan fingerprint density at radius 2 is 2.10 bits per heavy atom. The average Bonchev–Trinajstić information content (AvgIpc) is 2.83. The first kappa shape index (κ1) is 15.1. The van der Waals surface area contributed by atoms with Gasteiger partial charge in [0.15, 0.2) is 0 Å². The van der Waals surface area contributed by atoms with Crippen LogP contribution in [-0.4, -0.2) is 14.8 Å². The Labute approximate surface area is 124 Å². The van der Waals surface area contributed by atoms with Crippen molar-refractivity contribution in [2.45, 2.75) is 44.0 Å². The fourth-order valence-corrected chi connectivity index (χ4v) is 2.85. The van der Waals surface area contributed by atoms with E-state index in [-0.39, 0.29) is 6.04 Å². The second-order valence-corrected chi connectivity index (χ2v) is 6.45. The molecule has 2 N–H and O–H groups in total. The van der Waals surface area contributed by atoms with Crippen molar-refractivity contribution in [1.29, 1.82) is 0 Å². The minimum absolute atomic E-state index is 0.0696. The van der Waals surface area contributed by atoms with E-state index in [0.717, 1.165) is 18.1 Å². The maximum atomic E-state index is 5.92. The Balaban J connectivity index is 2.02. The molecule has 0 aliphatic rings. The molecule has 4 nitrogen and oxygen atoms in total. The Kier molecular flexibility index (Phi) is 5.20. The van der Waals surface area contributed by atoms with E-state index in [1.54, 1.807) is 18.1 Å². The molecule has 2 aromatic rings. The molecule has 20 heavy (non-hydrogen) atoms. The highest BCUT2D eigenvalue weighted by Gasteiger charge is 2.07. The van der Waals surface area contributed by atoms with Gasteiger partial charge in [0.05, 0.1) is 5.75 Å². The Morgan fingerprint density at radius 1 is 1.30 bits per heavy atom. The van der Waals surface area contributed by atoms with Crippen LogP contribution in [0.15, 0.2) is 35.5 Å². The second kappa shape index (κ2) is 6.90. The summed E-state index contributed by atoms with van der Waals surface area (Å²) < 4.78 is 1.99. The normalized spacial score (nSPS) is 12.8. The monoisotopic (exact) mass is 290 g/mol. The van der Waals surface area contributed by atoms with Crippen LogP contribution in [-0.2, 0) is 12.3 Å². The SMILES string of the molecule is CC(C)Cn1ncnc1CSc1cccc(C(C)N)c1. The van der Waals surface area contributed by atoms with Gasteiger partial charge in [-0.05, 0) is 30.5 Å². The van der Waals surface area contributed by atoms with Gasteiger partial charge >= 0.3 is 0 Å². The van der Waals surface area contributed by atoms with Crippen LogP contribution in [0, 0.1) is 5.92 Å². The van der Waals surface area contributed by atoms with Crippen LogP contribution in [0.2, 0.25) is 0 Å². The molecule has 0 radical (unpaired) electrons. The van der Waals surface area contributed by atoms with Gasteiger partial charge in [0.2, 0.25) is 0 Å². The van der Waals surface area contributed by atoms with Crippen LogP contribution in [0.1, 0.15) is 38.2 Å². The van der Waals surface area contributed by atoms with Crippen LogP contribution >= 0.6 is 11.8 Å². The number of hydrogen-bond donors (Lipinski definition) is 1. The molecular weight excluding hydrogens is 268 g/mol. The van der Waals surface area contributed by atoms with E-state index in [1.165, 1.54) is 10.5 Å². The minimum Gasteiger partial charge on any atom is -0.324 e. The molecule has 0 bridgehead atoms. The van der Waals surface area contributed by atoms with Crippen LogP contribution in [0.25, 0.3) is 0 Å². The molecule has 1 heterocycles. The van der Waals surface area contributed by atoms with Crippen LogP contribution in [0.4, 0.5) is 0 Å². The highest BCUT2D eigenvalue weighted by molar-refractivity contribution is 7.98. The molecule has 2 rings (SSSR count). The molecule has 0 amide bonds. The number of benzene rings is 1. The Bertz CT molecular complexity index is 548. The molecular formula is C15H22N4S. The lowest BCUT2D eigenvalue weighted by Crippen LogP contribution is -2.09. The summed E-state index contributed by atoms with van der Waals surface area (Å²) in [7, 11) is 0. The maximum Gasteiger partial charge on any atom is 0.138 e. The van der Waals surface area contributed by atoms with E-state index in [0.29, 0.717) is 5.92 Å². The number of aromatic nitrogens is 3. The summed E-state index contributed by atoms with van der Waals surface area (Å²) in [5, 5.41) is 4.29. The van der Waals surface area contributed by atoms with Crippen molar-refractivity contribution < 1.29 is 0 Å². The molecule has 0 aliphatic carbocycles. The van der Waals surface area contributed by atoms with Gasteiger partial charge in [-0.15, -0.1) is 11.8 Å². The van der Waals surface area contributed by atoms with Gasteiger partial charge < -0.3 is 5.73 Å². The first-order valence-corrected chi connectivity index (χ1v) is 7.90. The number of nitrogens with two attached hydrogens (primary N) is 1. The lowest BCUT2D eigenvalue weighted by Gasteiger charge is -2.10. The third-order valence-corrected chi connectivity index (χ3v) is 3.98. The third kappa shape index (κ3) is 4.08. The van der Waals surface area contributed by atoms with Crippen molar-refractivity contribution in [1.82, 2.24) is 14.8 Å². The first-order valence-electron chi connectivity index (χ1n) is 6.91. The van der Waals surface area contributed by atoms with Gasteiger partial charge in [0.25, 0.3) is 0 Å². The van der Waals surface area contributed by atoms with Gasteiger partial charge in [-0.1, -0.05) is 26.0 Å². The summed E-state index contributed by atoms with van der Waals surface area (Å²) in [6.07, 6.45) is 1.64. The summed E-state index contributed by atoms with van der Waals surface area (Å²) in [6.45, 7) is 7.29. The van der Waals surface area contributed by atoms with Crippen molar-refractivity contribution in [3.05, 3.63) is 42.0 Å².